The molecule has 1 N–H and O–H groups in total. The molecule has 36 heavy (non-hydrogen) atoms. The highest BCUT2D eigenvalue weighted by molar-refractivity contribution is 6.04. The first-order chi connectivity index (χ1) is 17.6. The fraction of sp³-hybridized carbons (Fsp3) is 0.333. The van der Waals surface area contributed by atoms with Gasteiger partial charge >= 0.3 is 0 Å². The number of amides is 2. The number of hydrogen-bond acceptors (Lipinski definition) is 4. The van der Waals surface area contributed by atoms with E-state index in [1.807, 2.05) is 79.4 Å². The summed E-state index contributed by atoms with van der Waals surface area (Å²) in [6, 6.07) is 18.9. The van der Waals surface area contributed by atoms with Gasteiger partial charge in [-0.3, -0.25) is 9.59 Å². The third kappa shape index (κ3) is 4.11. The van der Waals surface area contributed by atoms with Gasteiger partial charge in [0.1, 0.15) is 0 Å². The summed E-state index contributed by atoms with van der Waals surface area (Å²) in [6.07, 6.45) is 1.51. The molecule has 186 valence electrons. The van der Waals surface area contributed by atoms with Crippen LogP contribution in [0.3, 0.4) is 0 Å². The molecule has 0 bridgehead atoms. The lowest BCUT2D eigenvalue weighted by atomic mass is 9.75. The average Bonchev–Trinajstić information content (AvgIpc) is 2.90. The molecule has 6 heteroatoms. The topological polar surface area (TPSA) is 67.9 Å². The van der Waals surface area contributed by atoms with Gasteiger partial charge in [0.25, 0.3) is 5.91 Å². The van der Waals surface area contributed by atoms with E-state index in [9.17, 15) is 9.59 Å². The van der Waals surface area contributed by atoms with Crippen LogP contribution in [0.5, 0.6) is 11.5 Å². The largest absolute Gasteiger partial charge is 0.490 e. The highest BCUT2D eigenvalue weighted by atomic mass is 16.5. The second-order valence-corrected chi connectivity index (χ2v) is 9.12. The Labute approximate surface area is 212 Å². The number of carbonyl (C=O) groups excluding carboxylic acids is 2. The molecule has 0 aromatic heterocycles. The van der Waals surface area contributed by atoms with Gasteiger partial charge in [0.2, 0.25) is 5.91 Å². The summed E-state index contributed by atoms with van der Waals surface area (Å²) in [5.41, 5.74) is 5.27. The lowest BCUT2D eigenvalue weighted by molar-refractivity contribution is -0.119. The monoisotopic (exact) mass is 484 g/mol. The molecule has 2 atom stereocenters. The Hall–Kier alpha value is -3.80. The first kappa shape index (κ1) is 23.9. The fourth-order valence-corrected chi connectivity index (χ4v) is 5.51. The molecule has 0 unspecified atom stereocenters. The van der Waals surface area contributed by atoms with Crippen LogP contribution in [-0.2, 0) is 17.6 Å². The summed E-state index contributed by atoms with van der Waals surface area (Å²) in [5.74, 6) is 0.626. The minimum atomic E-state index is -0.560. The molecule has 2 aliphatic rings. The maximum Gasteiger partial charge on any atom is 0.254 e. The smallest absolute Gasteiger partial charge is 0.254 e. The Bertz CT molecular complexity index is 1300. The molecule has 0 saturated carbocycles. The van der Waals surface area contributed by atoms with Crippen molar-refractivity contribution in [1.29, 1.82) is 0 Å². The van der Waals surface area contributed by atoms with Gasteiger partial charge in [-0.05, 0) is 73.2 Å². The van der Waals surface area contributed by atoms with Crippen molar-refractivity contribution in [3.63, 3.8) is 0 Å². The van der Waals surface area contributed by atoms with E-state index in [0.29, 0.717) is 43.2 Å². The number of hydrogen-bond donors (Lipinski definition) is 1. The number of benzene rings is 3. The molecule has 3 aromatic carbocycles. The van der Waals surface area contributed by atoms with E-state index in [1.54, 1.807) is 0 Å². The van der Waals surface area contributed by atoms with Gasteiger partial charge in [-0.1, -0.05) is 43.3 Å². The fourth-order valence-electron chi connectivity index (χ4n) is 5.51. The lowest BCUT2D eigenvalue weighted by Gasteiger charge is -2.45. The molecule has 0 saturated heterocycles. The van der Waals surface area contributed by atoms with Crippen LogP contribution < -0.4 is 14.8 Å². The van der Waals surface area contributed by atoms with Gasteiger partial charge in [0.15, 0.2) is 11.5 Å². The summed E-state index contributed by atoms with van der Waals surface area (Å²) < 4.78 is 11.8. The number of rotatable bonds is 7. The second kappa shape index (κ2) is 10.1. The third-order valence-electron chi connectivity index (χ3n) is 7.12. The number of nitrogens with one attached hydrogen (secondary N) is 1. The number of anilines is 1. The van der Waals surface area contributed by atoms with E-state index in [-0.39, 0.29) is 11.8 Å². The summed E-state index contributed by atoms with van der Waals surface area (Å²) in [7, 11) is 0. The van der Waals surface area contributed by atoms with Crippen LogP contribution in [0.1, 0.15) is 65.3 Å². The zero-order chi connectivity index (χ0) is 25.2. The van der Waals surface area contributed by atoms with Crippen molar-refractivity contribution in [2.45, 2.75) is 45.6 Å². The number of nitrogens with zero attached hydrogens (tertiary/aromatic N) is 1. The summed E-state index contributed by atoms with van der Waals surface area (Å²) in [5, 5.41) is 3.19. The van der Waals surface area contributed by atoms with Crippen molar-refractivity contribution in [2.24, 2.45) is 0 Å². The van der Waals surface area contributed by atoms with Gasteiger partial charge in [-0.25, -0.2) is 0 Å². The zero-order valence-corrected chi connectivity index (χ0v) is 21.0. The number of fused-ring (bicyclic) bond motifs is 4. The average molecular weight is 485 g/mol. The van der Waals surface area contributed by atoms with Crippen molar-refractivity contribution in [3.05, 3.63) is 88.5 Å². The van der Waals surface area contributed by atoms with Gasteiger partial charge < -0.3 is 19.7 Å². The Morgan fingerprint density at radius 3 is 2.39 bits per heavy atom. The molecule has 2 aliphatic heterocycles. The van der Waals surface area contributed by atoms with Crippen LogP contribution in [0.4, 0.5) is 5.69 Å². The molecule has 3 aromatic rings. The van der Waals surface area contributed by atoms with E-state index < -0.39 is 12.0 Å². The lowest BCUT2D eigenvalue weighted by Crippen LogP contribution is -2.49. The van der Waals surface area contributed by atoms with Crippen LogP contribution in [-0.4, -0.2) is 36.5 Å². The Balaban J connectivity index is 1.64. The Kier molecular flexibility index (Phi) is 6.68. The number of ether oxygens (including phenoxy) is 2. The van der Waals surface area contributed by atoms with E-state index >= 15 is 0 Å². The molecular weight excluding hydrogens is 452 g/mol. The minimum Gasteiger partial charge on any atom is -0.490 e. The van der Waals surface area contributed by atoms with Crippen molar-refractivity contribution in [3.8, 4) is 11.5 Å². The molecule has 2 amide bonds. The molecule has 5 rings (SSSR count). The Morgan fingerprint density at radius 1 is 0.944 bits per heavy atom. The predicted octanol–water partition coefficient (Wildman–Crippen LogP) is 5.52. The first-order valence-corrected chi connectivity index (χ1v) is 12.8. The van der Waals surface area contributed by atoms with Gasteiger partial charge in [0, 0.05) is 17.8 Å². The molecule has 2 heterocycles. The summed E-state index contributed by atoms with van der Waals surface area (Å²) in [4.78, 5) is 29.5. The van der Waals surface area contributed by atoms with Crippen molar-refractivity contribution < 1.29 is 19.1 Å². The molecule has 6 nitrogen and oxygen atoms in total. The first-order valence-electron chi connectivity index (χ1n) is 12.8. The van der Waals surface area contributed by atoms with Crippen LogP contribution in [0.25, 0.3) is 0 Å². The maximum atomic E-state index is 14.0. The van der Waals surface area contributed by atoms with E-state index in [4.69, 9.17) is 9.47 Å². The van der Waals surface area contributed by atoms with E-state index in [0.717, 1.165) is 34.4 Å². The predicted molar refractivity (Wildman–Crippen MR) is 140 cm³/mol. The van der Waals surface area contributed by atoms with Crippen molar-refractivity contribution in [1.82, 2.24) is 4.90 Å². The minimum absolute atomic E-state index is 0.0360. The highest BCUT2D eigenvalue weighted by Gasteiger charge is 2.46. The number of aryl methyl sites for hydroxylation is 1. The van der Waals surface area contributed by atoms with Crippen LogP contribution in [0, 0.1) is 0 Å². The Morgan fingerprint density at radius 2 is 1.64 bits per heavy atom. The summed E-state index contributed by atoms with van der Waals surface area (Å²) in [6.45, 7) is 7.52. The van der Waals surface area contributed by atoms with Crippen molar-refractivity contribution >= 4 is 17.5 Å². The SMILES string of the molecule is CCOc1cc2c(cc1OCC)[C@H]1[C@@H](C(=O)Nc3ccccc3CC)c3ccccc3C(=O)N1CC2. The van der Waals surface area contributed by atoms with Crippen LogP contribution >= 0.6 is 0 Å². The second-order valence-electron chi connectivity index (χ2n) is 9.12. The normalized spacial score (nSPS) is 18.1. The number of para-hydroxylation sites is 1. The third-order valence-corrected chi connectivity index (χ3v) is 7.12. The molecular formula is C30H32N2O4. The molecule has 0 fully saturated rings. The highest BCUT2D eigenvalue weighted by Crippen LogP contribution is 2.48. The molecule has 0 radical (unpaired) electrons. The zero-order valence-electron chi connectivity index (χ0n) is 21.0. The van der Waals surface area contributed by atoms with E-state index in [2.05, 4.69) is 12.2 Å². The van der Waals surface area contributed by atoms with Gasteiger partial charge in [-0.2, -0.15) is 0 Å². The van der Waals surface area contributed by atoms with Crippen molar-refractivity contribution in [2.75, 3.05) is 25.1 Å². The van der Waals surface area contributed by atoms with E-state index in [1.165, 1.54) is 0 Å². The van der Waals surface area contributed by atoms with Crippen LogP contribution in [0.2, 0.25) is 0 Å². The van der Waals surface area contributed by atoms with Crippen LogP contribution in [0.15, 0.2) is 60.7 Å². The van der Waals surface area contributed by atoms with Gasteiger partial charge in [0.05, 0.1) is 25.2 Å². The maximum absolute atomic E-state index is 14.0. The summed E-state index contributed by atoms with van der Waals surface area (Å²) >= 11 is 0. The number of carbonyl (C=O) groups is 2. The molecule has 0 spiro atoms. The van der Waals surface area contributed by atoms with Gasteiger partial charge in [-0.15, -0.1) is 0 Å². The molecule has 0 aliphatic carbocycles. The standard InChI is InChI=1S/C30H32N2O4/c1-4-19-11-7-10-14-24(19)31-29(33)27-21-12-8-9-13-22(21)30(34)32-16-15-20-17-25(35-5-2)26(36-6-3)18-23(20)28(27)32/h7-14,17-18,27-28H,4-6,15-16H2,1-3H3,(H,31,33)/t27-,28-/m0/s1. The quantitative estimate of drug-likeness (QED) is 0.479.